The third kappa shape index (κ3) is 4.37. The summed E-state index contributed by atoms with van der Waals surface area (Å²) in [6, 6.07) is 5.69. The normalized spacial score (nSPS) is 23.9. The molecule has 0 saturated carbocycles. The van der Waals surface area contributed by atoms with Gasteiger partial charge < -0.3 is 14.6 Å². The molecule has 0 bridgehead atoms. The zero-order valence-corrected chi connectivity index (χ0v) is 19.5. The first kappa shape index (κ1) is 21.6. The van der Waals surface area contributed by atoms with Crippen molar-refractivity contribution in [2.75, 3.05) is 6.54 Å². The number of Topliss-reactive ketones (excluding diaryl/α,β-unsaturated/α-hetero) is 1. The number of nitrogens with one attached hydrogen (secondary N) is 1. The number of carbonyl (C=O) groups is 2. The van der Waals surface area contributed by atoms with Gasteiger partial charge in [-0.2, -0.15) is 0 Å². The number of amides is 1. The number of H-pyrrole nitrogens is 1. The Morgan fingerprint density at radius 1 is 1.32 bits per heavy atom. The second-order valence-corrected chi connectivity index (χ2v) is 9.05. The minimum atomic E-state index is -0.142. The van der Waals surface area contributed by atoms with Gasteiger partial charge in [-0.15, -0.1) is 0 Å². The molecule has 0 radical (unpaired) electrons. The Kier molecular flexibility index (Phi) is 6.14. The molecule has 1 amide bonds. The van der Waals surface area contributed by atoms with Crippen LogP contribution in [0.3, 0.4) is 0 Å². The molecule has 2 aliphatic rings. The van der Waals surface area contributed by atoms with Gasteiger partial charge in [0.25, 0.3) is 0 Å². The van der Waals surface area contributed by atoms with Gasteiger partial charge in [0.1, 0.15) is 11.9 Å². The van der Waals surface area contributed by atoms with Crippen LogP contribution in [-0.2, 0) is 14.3 Å². The number of benzene rings is 1. The molecule has 1 aliphatic heterocycles. The molecule has 1 aromatic heterocycles. The maximum atomic E-state index is 12.4. The van der Waals surface area contributed by atoms with E-state index in [1.807, 2.05) is 41.3 Å². The van der Waals surface area contributed by atoms with Crippen molar-refractivity contribution in [1.82, 2.24) is 14.9 Å². The van der Waals surface area contributed by atoms with Crippen molar-refractivity contribution in [3.63, 3.8) is 0 Å². The number of likely N-dealkylation sites (tertiary alicyclic amines) is 1. The fourth-order valence-electron chi connectivity index (χ4n) is 4.18. The van der Waals surface area contributed by atoms with Crippen LogP contribution in [0, 0.1) is 5.92 Å². The minimum Gasteiger partial charge on any atom is -0.493 e. The third-order valence-corrected chi connectivity index (χ3v) is 6.98. The van der Waals surface area contributed by atoms with Crippen molar-refractivity contribution in [3.05, 3.63) is 58.6 Å². The predicted molar refractivity (Wildman–Crippen MR) is 124 cm³/mol. The molecule has 1 saturated heterocycles. The van der Waals surface area contributed by atoms with E-state index in [1.54, 1.807) is 13.2 Å². The van der Waals surface area contributed by atoms with E-state index >= 15 is 0 Å². The predicted octanol–water partition coefficient (Wildman–Crippen LogP) is 5.05. The van der Waals surface area contributed by atoms with Crippen LogP contribution in [0.2, 0.25) is 0 Å². The summed E-state index contributed by atoms with van der Waals surface area (Å²) < 4.78 is 7.04. The summed E-state index contributed by atoms with van der Waals surface area (Å²) in [5, 5.41) is 0. The summed E-state index contributed by atoms with van der Waals surface area (Å²) in [4.78, 5) is 34.2. The van der Waals surface area contributed by atoms with Gasteiger partial charge in [0.05, 0.1) is 28.9 Å². The SMILES string of the molecule is CC(=O)C(=COC1C=CC=C(Br)C1C)c1ccc2nc(C3CCCN3C(C)=O)[nH]c2c1. The van der Waals surface area contributed by atoms with Gasteiger partial charge in [0, 0.05) is 23.9 Å². The molecule has 2 heterocycles. The molecule has 6 nitrogen and oxygen atoms in total. The van der Waals surface area contributed by atoms with Crippen LogP contribution < -0.4 is 0 Å². The van der Waals surface area contributed by atoms with Gasteiger partial charge in [-0.25, -0.2) is 4.98 Å². The average molecular weight is 484 g/mol. The van der Waals surface area contributed by atoms with Crippen LogP contribution in [0.5, 0.6) is 0 Å². The standard InChI is InChI=1S/C24H26BrN3O3/c1-14-19(25)6-4-8-23(14)31-13-18(15(2)29)17-9-10-20-21(12-17)27-24(26-20)22-7-5-11-28(22)16(3)30/h4,6,8-10,12-14,22-23H,5,7,11H2,1-3H3,(H,26,27). The van der Waals surface area contributed by atoms with Crippen LogP contribution in [0.15, 0.2) is 47.2 Å². The van der Waals surface area contributed by atoms with E-state index in [9.17, 15) is 9.59 Å². The number of aromatic nitrogens is 2. The zero-order valence-electron chi connectivity index (χ0n) is 17.9. The van der Waals surface area contributed by atoms with E-state index in [4.69, 9.17) is 9.72 Å². The highest BCUT2D eigenvalue weighted by Crippen LogP contribution is 2.32. The molecule has 1 aromatic carbocycles. The summed E-state index contributed by atoms with van der Waals surface area (Å²) >= 11 is 3.55. The number of hydrogen-bond acceptors (Lipinski definition) is 4. The van der Waals surface area contributed by atoms with Gasteiger partial charge in [0.15, 0.2) is 5.78 Å². The van der Waals surface area contributed by atoms with E-state index in [2.05, 4.69) is 27.8 Å². The number of carbonyl (C=O) groups excluding carboxylic acids is 2. The summed E-state index contributed by atoms with van der Waals surface area (Å²) in [6.07, 6.45) is 9.22. The first-order valence-corrected chi connectivity index (χ1v) is 11.3. The van der Waals surface area contributed by atoms with Crippen molar-refractivity contribution in [2.45, 2.75) is 45.8 Å². The monoisotopic (exact) mass is 483 g/mol. The fraction of sp³-hybridized carbons (Fsp3) is 0.375. The summed E-state index contributed by atoms with van der Waals surface area (Å²) in [5.41, 5.74) is 2.94. The lowest BCUT2D eigenvalue weighted by Crippen LogP contribution is -2.28. The summed E-state index contributed by atoms with van der Waals surface area (Å²) in [6.45, 7) is 5.97. The quantitative estimate of drug-likeness (QED) is 0.476. The molecular formula is C24H26BrN3O3. The fourth-order valence-corrected chi connectivity index (χ4v) is 4.59. The molecule has 4 rings (SSSR count). The first-order valence-electron chi connectivity index (χ1n) is 10.5. The number of allylic oxidation sites excluding steroid dienone is 3. The zero-order chi connectivity index (χ0) is 22.1. The van der Waals surface area contributed by atoms with Crippen molar-refractivity contribution < 1.29 is 14.3 Å². The molecule has 31 heavy (non-hydrogen) atoms. The van der Waals surface area contributed by atoms with E-state index in [0.29, 0.717) is 5.57 Å². The Hall–Kier alpha value is -2.67. The minimum absolute atomic E-state index is 0.0226. The Morgan fingerprint density at radius 3 is 2.87 bits per heavy atom. The van der Waals surface area contributed by atoms with Crippen LogP contribution in [-0.4, -0.2) is 39.2 Å². The Labute approximate surface area is 190 Å². The average Bonchev–Trinajstić information content (AvgIpc) is 3.37. The lowest BCUT2D eigenvalue weighted by atomic mass is 9.99. The van der Waals surface area contributed by atoms with E-state index in [1.165, 1.54) is 6.92 Å². The molecule has 0 spiro atoms. The van der Waals surface area contributed by atoms with E-state index < -0.39 is 0 Å². The van der Waals surface area contributed by atoms with Gasteiger partial charge in [0.2, 0.25) is 5.91 Å². The number of nitrogens with zero attached hydrogens (tertiary/aromatic N) is 2. The highest BCUT2D eigenvalue weighted by atomic mass is 79.9. The number of ketones is 1. The molecule has 1 N–H and O–H groups in total. The summed E-state index contributed by atoms with van der Waals surface area (Å²) in [7, 11) is 0. The summed E-state index contributed by atoms with van der Waals surface area (Å²) in [5.74, 6) is 0.958. The lowest BCUT2D eigenvalue weighted by Gasteiger charge is -2.23. The van der Waals surface area contributed by atoms with Crippen LogP contribution in [0.1, 0.15) is 51.0 Å². The highest BCUT2D eigenvalue weighted by Gasteiger charge is 2.30. The molecule has 1 aliphatic carbocycles. The molecule has 3 unspecified atom stereocenters. The van der Waals surface area contributed by atoms with Gasteiger partial charge in [-0.3, -0.25) is 9.59 Å². The molecule has 1 fully saturated rings. The first-order chi connectivity index (χ1) is 14.8. The third-order valence-electron chi connectivity index (χ3n) is 5.99. The van der Waals surface area contributed by atoms with Crippen molar-refractivity contribution in [1.29, 1.82) is 0 Å². The van der Waals surface area contributed by atoms with Crippen LogP contribution >= 0.6 is 15.9 Å². The molecule has 162 valence electrons. The van der Waals surface area contributed by atoms with Gasteiger partial charge in [-0.05, 0) is 43.5 Å². The number of aromatic amines is 1. The maximum absolute atomic E-state index is 12.4. The molecule has 3 atom stereocenters. The number of ether oxygens (including phenoxy) is 1. The maximum Gasteiger partial charge on any atom is 0.220 e. The molecule has 2 aromatic rings. The van der Waals surface area contributed by atoms with Crippen LogP contribution in [0.25, 0.3) is 16.6 Å². The van der Waals surface area contributed by atoms with E-state index in [-0.39, 0.29) is 29.8 Å². The second-order valence-electron chi connectivity index (χ2n) is 8.14. The van der Waals surface area contributed by atoms with Crippen molar-refractivity contribution in [2.24, 2.45) is 5.92 Å². The second kappa shape index (κ2) is 8.83. The Bertz CT molecular complexity index is 1110. The number of fused-ring (bicyclic) bond motifs is 1. The van der Waals surface area contributed by atoms with Crippen molar-refractivity contribution in [3.8, 4) is 0 Å². The number of rotatable bonds is 5. The Balaban J connectivity index is 1.61. The number of hydrogen-bond donors (Lipinski definition) is 1. The molecular weight excluding hydrogens is 458 g/mol. The van der Waals surface area contributed by atoms with Gasteiger partial charge >= 0.3 is 0 Å². The largest absolute Gasteiger partial charge is 0.493 e. The lowest BCUT2D eigenvalue weighted by molar-refractivity contribution is -0.129. The molecule has 7 heteroatoms. The topological polar surface area (TPSA) is 75.3 Å². The van der Waals surface area contributed by atoms with E-state index in [0.717, 1.165) is 46.3 Å². The number of halogens is 1. The van der Waals surface area contributed by atoms with Crippen LogP contribution in [0.4, 0.5) is 0 Å². The van der Waals surface area contributed by atoms with Gasteiger partial charge in [-0.1, -0.05) is 41.1 Å². The van der Waals surface area contributed by atoms with Crippen molar-refractivity contribution >= 4 is 44.2 Å². The Morgan fingerprint density at radius 2 is 2.13 bits per heavy atom. The smallest absolute Gasteiger partial charge is 0.220 e. The number of imidazole rings is 1. The highest BCUT2D eigenvalue weighted by molar-refractivity contribution is 9.11.